The molecule has 0 radical (unpaired) electrons. The smallest absolute Gasteiger partial charge is 0.320 e. The third-order valence-electron chi connectivity index (χ3n) is 2.96. The molecule has 1 aromatic rings. The first-order valence-electron chi connectivity index (χ1n) is 5.56. The largest absolute Gasteiger partial charge is 0.480 e. The van der Waals surface area contributed by atoms with Crippen molar-refractivity contribution >= 4 is 5.97 Å². The van der Waals surface area contributed by atoms with E-state index in [2.05, 4.69) is 24.4 Å². The third kappa shape index (κ3) is 3.35. The zero-order valence-electron chi connectivity index (χ0n) is 9.97. The Morgan fingerprint density at radius 1 is 1.19 bits per heavy atom. The van der Waals surface area contributed by atoms with E-state index in [1.807, 2.05) is 25.1 Å². The fourth-order valence-electron chi connectivity index (χ4n) is 1.66. The van der Waals surface area contributed by atoms with Crippen LogP contribution in [0.3, 0.4) is 0 Å². The van der Waals surface area contributed by atoms with Crippen LogP contribution in [0.2, 0.25) is 0 Å². The van der Waals surface area contributed by atoms with Crippen molar-refractivity contribution in [2.45, 2.75) is 38.8 Å². The van der Waals surface area contributed by atoms with Crippen LogP contribution in [-0.2, 0) is 4.79 Å². The quantitative estimate of drug-likeness (QED) is 0.801. The normalized spacial score (nSPS) is 16.4. The van der Waals surface area contributed by atoms with Gasteiger partial charge in [-0.25, -0.2) is 0 Å². The van der Waals surface area contributed by atoms with Gasteiger partial charge in [0.25, 0.3) is 0 Å². The van der Waals surface area contributed by atoms with Crippen molar-refractivity contribution in [2.75, 3.05) is 0 Å². The summed E-state index contributed by atoms with van der Waals surface area (Å²) in [6.07, 6.45) is 0. The van der Waals surface area contributed by atoms with Crippen LogP contribution in [0.1, 0.15) is 32.3 Å². The van der Waals surface area contributed by atoms with Gasteiger partial charge in [0.05, 0.1) is 0 Å². The number of carboxylic acid groups (broad SMARTS) is 1. The lowest BCUT2D eigenvalue weighted by atomic mass is 9.94. The van der Waals surface area contributed by atoms with Gasteiger partial charge in [-0.15, -0.1) is 0 Å². The Hall–Kier alpha value is -1.35. The SMILES string of the molecule is CC(N[C@@H](C)C(=O)O)[C@@H](C)c1ccccc1. The Bertz CT molecular complexity index is 337. The highest BCUT2D eigenvalue weighted by atomic mass is 16.4. The zero-order chi connectivity index (χ0) is 12.1. The van der Waals surface area contributed by atoms with Crippen molar-refractivity contribution in [1.29, 1.82) is 0 Å². The predicted molar refractivity (Wildman–Crippen MR) is 64.6 cm³/mol. The van der Waals surface area contributed by atoms with Crippen molar-refractivity contribution in [1.82, 2.24) is 5.32 Å². The predicted octanol–water partition coefficient (Wildman–Crippen LogP) is 2.24. The molecule has 0 aliphatic carbocycles. The lowest BCUT2D eigenvalue weighted by Crippen LogP contribution is -2.42. The maximum atomic E-state index is 10.7. The second kappa shape index (κ2) is 5.66. The van der Waals surface area contributed by atoms with E-state index in [0.717, 1.165) is 0 Å². The van der Waals surface area contributed by atoms with Crippen LogP contribution in [-0.4, -0.2) is 23.2 Å². The van der Waals surface area contributed by atoms with Crippen molar-refractivity contribution in [3.63, 3.8) is 0 Å². The van der Waals surface area contributed by atoms with E-state index in [9.17, 15) is 4.79 Å². The van der Waals surface area contributed by atoms with E-state index in [1.165, 1.54) is 5.56 Å². The van der Waals surface area contributed by atoms with E-state index in [1.54, 1.807) is 6.92 Å². The Morgan fingerprint density at radius 2 is 1.75 bits per heavy atom. The van der Waals surface area contributed by atoms with Crippen LogP contribution in [0.25, 0.3) is 0 Å². The van der Waals surface area contributed by atoms with Crippen LogP contribution >= 0.6 is 0 Å². The molecule has 0 fully saturated rings. The van der Waals surface area contributed by atoms with E-state index in [4.69, 9.17) is 5.11 Å². The molecule has 1 aromatic carbocycles. The molecule has 3 nitrogen and oxygen atoms in total. The molecule has 0 spiro atoms. The van der Waals surface area contributed by atoms with E-state index < -0.39 is 12.0 Å². The molecule has 0 saturated carbocycles. The van der Waals surface area contributed by atoms with E-state index >= 15 is 0 Å². The standard InChI is InChI=1S/C13H19NO2/c1-9(12-7-5-4-6-8-12)10(2)14-11(3)13(15)16/h4-11,14H,1-3H3,(H,15,16)/t9-,10?,11+/m1/s1. The van der Waals surface area contributed by atoms with Crippen LogP contribution < -0.4 is 5.32 Å². The van der Waals surface area contributed by atoms with Gasteiger partial charge in [-0.2, -0.15) is 0 Å². The minimum Gasteiger partial charge on any atom is -0.480 e. The van der Waals surface area contributed by atoms with Crippen molar-refractivity contribution < 1.29 is 9.90 Å². The highest BCUT2D eigenvalue weighted by Gasteiger charge is 2.19. The number of carboxylic acids is 1. The molecular weight excluding hydrogens is 202 g/mol. The van der Waals surface area contributed by atoms with Gasteiger partial charge in [-0.3, -0.25) is 4.79 Å². The molecule has 3 heteroatoms. The number of benzene rings is 1. The molecule has 0 saturated heterocycles. The van der Waals surface area contributed by atoms with Crippen molar-refractivity contribution in [3.8, 4) is 0 Å². The first-order chi connectivity index (χ1) is 7.52. The van der Waals surface area contributed by atoms with E-state index in [-0.39, 0.29) is 6.04 Å². The fraction of sp³-hybridized carbons (Fsp3) is 0.462. The molecule has 2 N–H and O–H groups in total. The van der Waals surface area contributed by atoms with Gasteiger partial charge in [0.2, 0.25) is 0 Å². The number of nitrogens with one attached hydrogen (secondary N) is 1. The van der Waals surface area contributed by atoms with Crippen LogP contribution in [0, 0.1) is 0 Å². The molecule has 0 aliphatic heterocycles. The Balaban J connectivity index is 2.61. The summed E-state index contributed by atoms with van der Waals surface area (Å²) >= 11 is 0. The van der Waals surface area contributed by atoms with Gasteiger partial charge < -0.3 is 10.4 Å². The average molecular weight is 221 g/mol. The van der Waals surface area contributed by atoms with Crippen molar-refractivity contribution in [3.05, 3.63) is 35.9 Å². The van der Waals surface area contributed by atoms with Gasteiger partial charge in [0.15, 0.2) is 0 Å². The van der Waals surface area contributed by atoms with Crippen LogP contribution in [0.5, 0.6) is 0 Å². The summed E-state index contributed by atoms with van der Waals surface area (Å²) in [5.41, 5.74) is 1.22. The lowest BCUT2D eigenvalue weighted by Gasteiger charge is -2.23. The molecule has 0 amide bonds. The summed E-state index contributed by atoms with van der Waals surface area (Å²) < 4.78 is 0. The molecular formula is C13H19NO2. The highest BCUT2D eigenvalue weighted by molar-refractivity contribution is 5.72. The van der Waals surface area contributed by atoms with Crippen LogP contribution in [0.4, 0.5) is 0 Å². The Morgan fingerprint density at radius 3 is 2.25 bits per heavy atom. The fourth-order valence-corrected chi connectivity index (χ4v) is 1.66. The molecule has 3 atom stereocenters. The first-order valence-corrected chi connectivity index (χ1v) is 5.56. The first kappa shape index (κ1) is 12.7. The summed E-state index contributed by atoms with van der Waals surface area (Å²) in [5.74, 6) is -0.518. The average Bonchev–Trinajstić information content (AvgIpc) is 2.28. The number of hydrogen-bond donors (Lipinski definition) is 2. The van der Waals surface area contributed by atoms with Gasteiger partial charge in [-0.05, 0) is 25.3 Å². The number of carbonyl (C=O) groups is 1. The third-order valence-corrected chi connectivity index (χ3v) is 2.96. The second-order valence-corrected chi connectivity index (χ2v) is 4.21. The van der Waals surface area contributed by atoms with Crippen molar-refractivity contribution in [2.24, 2.45) is 0 Å². The summed E-state index contributed by atoms with van der Waals surface area (Å²) in [4.78, 5) is 10.7. The second-order valence-electron chi connectivity index (χ2n) is 4.21. The maximum absolute atomic E-state index is 10.7. The van der Waals surface area contributed by atoms with Crippen LogP contribution in [0.15, 0.2) is 30.3 Å². The number of hydrogen-bond acceptors (Lipinski definition) is 2. The molecule has 0 aliphatic rings. The number of aliphatic carboxylic acids is 1. The number of rotatable bonds is 5. The maximum Gasteiger partial charge on any atom is 0.320 e. The minimum atomic E-state index is -0.813. The van der Waals surface area contributed by atoms with Gasteiger partial charge in [-0.1, -0.05) is 37.3 Å². The molecule has 1 rings (SSSR count). The minimum absolute atomic E-state index is 0.133. The van der Waals surface area contributed by atoms with Gasteiger partial charge in [0, 0.05) is 6.04 Å². The topological polar surface area (TPSA) is 49.3 Å². The summed E-state index contributed by atoms with van der Waals surface area (Å²) in [5, 5.41) is 11.9. The zero-order valence-corrected chi connectivity index (χ0v) is 9.97. The van der Waals surface area contributed by atoms with Gasteiger partial charge in [0.1, 0.15) is 6.04 Å². The molecule has 0 bridgehead atoms. The van der Waals surface area contributed by atoms with E-state index in [0.29, 0.717) is 5.92 Å². The summed E-state index contributed by atoms with van der Waals surface area (Å²) in [6, 6.07) is 9.73. The summed E-state index contributed by atoms with van der Waals surface area (Å²) in [6.45, 7) is 5.77. The molecule has 0 heterocycles. The lowest BCUT2D eigenvalue weighted by molar-refractivity contribution is -0.139. The summed E-state index contributed by atoms with van der Waals surface area (Å²) in [7, 11) is 0. The molecule has 16 heavy (non-hydrogen) atoms. The molecule has 1 unspecified atom stereocenters. The van der Waals surface area contributed by atoms with Gasteiger partial charge >= 0.3 is 5.97 Å². The molecule has 88 valence electrons. The monoisotopic (exact) mass is 221 g/mol. The highest BCUT2D eigenvalue weighted by Crippen LogP contribution is 2.18. The Kier molecular flexibility index (Phi) is 4.50. The Labute approximate surface area is 96.5 Å². The molecule has 0 aromatic heterocycles.